The van der Waals surface area contributed by atoms with Gasteiger partial charge in [0.2, 0.25) is 5.36 Å². The van der Waals surface area contributed by atoms with Gasteiger partial charge < -0.3 is 4.90 Å². The van der Waals surface area contributed by atoms with Crippen molar-refractivity contribution in [2.45, 2.75) is 0 Å². The highest BCUT2D eigenvalue weighted by Crippen LogP contribution is 2.38. The van der Waals surface area contributed by atoms with Crippen molar-refractivity contribution in [2.24, 2.45) is 0 Å². The maximum absolute atomic E-state index is 6.41. The molecule has 1 aromatic carbocycles. The highest BCUT2D eigenvalue weighted by molar-refractivity contribution is 7.21. The fourth-order valence-corrected chi connectivity index (χ4v) is 3.96. The zero-order valence-corrected chi connectivity index (χ0v) is 15.1. The molecule has 0 radical (unpaired) electrons. The van der Waals surface area contributed by atoms with Crippen LogP contribution in [-0.2, 0) is 0 Å². The molecule has 0 bridgehead atoms. The van der Waals surface area contributed by atoms with Crippen molar-refractivity contribution in [3.8, 4) is 10.6 Å². The SMILES string of the molecule is CN(C)c1cc(Cl)c2nc3c(Cl)cc(=[N+](C)C)cc-3sc2c1. The van der Waals surface area contributed by atoms with E-state index in [2.05, 4.69) is 17.1 Å². The molecule has 0 spiro atoms. The zero-order valence-electron chi connectivity index (χ0n) is 12.8. The van der Waals surface area contributed by atoms with Gasteiger partial charge in [-0.1, -0.05) is 23.2 Å². The lowest BCUT2D eigenvalue weighted by Gasteiger charge is -2.15. The van der Waals surface area contributed by atoms with Gasteiger partial charge in [-0.2, -0.15) is 0 Å². The number of aromatic nitrogens is 1. The third kappa shape index (κ3) is 2.67. The van der Waals surface area contributed by atoms with Crippen molar-refractivity contribution in [1.82, 2.24) is 9.56 Å². The fourth-order valence-electron chi connectivity index (χ4n) is 2.24. The van der Waals surface area contributed by atoms with E-state index < -0.39 is 0 Å². The Labute approximate surface area is 143 Å². The van der Waals surface area contributed by atoms with E-state index in [0.717, 1.165) is 31.8 Å². The molecule has 22 heavy (non-hydrogen) atoms. The van der Waals surface area contributed by atoms with Gasteiger partial charge in [0.05, 0.1) is 25.1 Å². The van der Waals surface area contributed by atoms with Crippen LogP contribution in [0, 0.1) is 0 Å². The molecule has 2 aliphatic rings. The first-order valence-electron chi connectivity index (χ1n) is 6.78. The average Bonchev–Trinajstić information content (AvgIpc) is 2.45. The van der Waals surface area contributed by atoms with E-state index in [1.165, 1.54) is 0 Å². The molecule has 0 fully saturated rings. The van der Waals surface area contributed by atoms with Crippen molar-refractivity contribution < 1.29 is 0 Å². The van der Waals surface area contributed by atoms with Crippen LogP contribution < -0.4 is 14.8 Å². The summed E-state index contributed by atoms with van der Waals surface area (Å²) in [5, 5.41) is 2.35. The molecule has 3 nitrogen and oxygen atoms in total. The highest BCUT2D eigenvalue weighted by atomic mass is 35.5. The second-order valence-corrected chi connectivity index (χ2v) is 7.45. The third-order valence-electron chi connectivity index (χ3n) is 3.50. The molecule has 3 rings (SSSR count). The van der Waals surface area contributed by atoms with Gasteiger partial charge in [-0.25, -0.2) is 9.56 Å². The Kier molecular flexibility index (Phi) is 4.02. The molecule has 1 aliphatic carbocycles. The Balaban J connectivity index is 2.42. The van der Waals surface area contributed by atoms with Crippen LogP contribution in [0.3, 0.4) is 0 Å². The molecule has 0 amide bonds. The number of hydrogen-bond acceptors (Lipinski definition) is 3. The van der Waals surface area contributed by atoms with E-state index in [9.17, 15) is 0 Å². The van der Waals surface area contributed by atoms with Crippen molar-refractivity contribution >= 4 is 50.4 Å². The summed E-state index contributed by atoms with van der Waals surface area (Å²) in [5.74, 6) is 0. The van der Waals surface area contributed by atoms with Crippen LogP contribution in [0.15, 0.2) is 24.3 Å². The van der Waals surface area contributed by atoms with Gasteiger partial charge >= 0.3 is 0 Å². The second-order valence-electron chi connectivity index (χ2n) is 5.55. The molecule has 1 heterocycles. The minimum absolute atomic E-state index is 0.645. The van der Waals surface area contributed by atoms with Crippen LogP contribution in [0.2, 0.25) is 10.0 Å². The lowest BCUT2D eigenvalue weighted by atomic mass is 10.2. The van der Waals surface area contributed by atoms with Crippen molar-refractivity contribution in [3.05, 3.63) is 39.7 Å². The van der Waals surface area contributed by atoms with Crippen LogP contribution >= 0.6 is 34.5 Å². The zero-order chi connectivity index (χ0) is 16.0. The van der Waals surface area contributed by atoms with Crippen LogP contribution in [0.1, 0.15) is 0 Å². The molecule has 6 heteroatoms. The molecular weight excluding hydrogens is 337 g/mol. The van der Waals surface area contributed by atoms with Gasteiger partial charge in [0.1, 0.15) is 19.8 Å². The normalized spacial score (nSPS) is 11.2. The van der Waals surface area contributed by atoms with Crippen molar-refractivity contribution in [1.29, 1.82) is 0 Å². The summed E-state index contributed by atoms with van der Waals surface area (Å²) in [7, 11) is 7.99. The highest BCUT2D eigenvalue weighted by Gasteiger charge is 2.16. The predicted octanol–water partition coefficient (Wildman–Crippen LogP) is 3.81. The Hall–Kier alpha value is -1.36. The monoisotopic (exact) mass is 352 g/mol. The Morgan fingerprint density at radius 3 is 2.41 bits per heavy atom. The molecule has 1 aliphatic heterocycles. The largest absolute Gasteiger partial charge is 0.378 e. The van der Waals surface area contributed by atoms with E-state index in [1.54, 1.807) is 11.3 Å². The van der Waals surface area contributed by atoms with Gasteiger partial charge in [-0.15, -0.1) is 11.3 Å². The molecule has 0 aromatic heterocycles. The number of halogens is 2. The van der Waals surface area contributed by atoms with Gasteiger partial charge in [-0.3, -0.25) is 0 Å². The van der Waals surface area contributed by atoms with Crippen molar-refractivity contribution in [3.63, 3.8) is 0 Å². The summed E-state index contributed by atoms with van der Waals surface area (Å²) in [6.45, 7) is 0. The molecule has 0 N–H and O–H groups in total. The molecular formula is C16H16Cl2N3S+. The smallest absolute Gasteiger partial charge is 0.202 e. The first-order chi connectivity index (χ1) is 10.4. The Bertz CT molecular complexity index is 911. The standard InChI is InChI=1S/C16H16Cl2N3S/c1-20(2)9-5-11(17)15-13(7-9)22-14-8-10(21(3)4)6-12(18)16(14)19-15/h5-8H,1-4H3/q+1. The summed E-state index contributed by atoms with van der Waals surface area (Å²) in [5.41, 5.74) is 2.65. The lowest BCUT2D eigenvalue weighted by Crippen LogP contribution is -2.21. The summed E-state index contributed by atoms with van der Waals surface area (Å²) < 4.78 is 3.08. The average molecular weight is 353 g/mol. The predicted molar refractivity (Wildman–Crippen MR) is 97.7 cm³/mol. The number of rotatable bonds is 1. The number of hydrogen-bond donors (Lipinski definition) is 0. The summed E-state index contributed by atoms with van der Waals surface area (Å²) in [6.07, 6.45) is 0. The molecule has 1 aromatic rings. The van der Waals surface area contributed by atoms with Gasteiger partial charge in [0.25, 0.3) is 0 Å². The summed E-state index contributed by atoms with van der Waals surface area (Å²) >= 11 is 14.5. The van der Waals surface area contributed by atoms with E-state index >= 15 is 0 Å². The lowest BCUT2D eigenvalue weighted by molar-refractivity contribution is 0.814. The molecule has 0 saturated heterocycles. The summed E-state index contributed by atoms with van der Waals surface area (Å²) in [4.78, 5) is 7.77. The molecule has 0 saturated carbocycles. The van der Waals surface area contributed by atoms with Crippen LogP contribution in [0.4, 0.5) is 5.69 Å². The van der Waals surface area contributed by atoms with E-state index in [4.69, 9.17) is 23.2 Å². The maximum Gasteiger partial charge on any atom is 0.202 e. The quantitative estimate of drug-likeness (QED) is 0.490. The maximum atomic E-state index is 6.41. The topological polar surface area (TPSA) is 19.1 Å². The number of nitrogens with zero attached hydrogens (tertiary/aromatic N) is 3. The van der Waals surface area contributed by atoms with E-state index in [0.29, 0.717) is 10.0 Å². The minimum atomic E-state index is 0.645. The minimum Gasteiger partial charge on any atom is -0.378 e. The molecule has 114 valence electrons. The first kappa shape index (κ1) is 15.5. The van der Waals surface area contributed by atoms with Gasteiger partial charge in [0, 0.05) is 31.9 Å². The second kappa shape index (κ2) is 5.69. The molecule has 0 atom stereocenters. The van der Waals surface area contributed by atoms with E-state index in [-0.39, 0.29) is 0 Å². The van der Waals surface area contributed by atoms with Gasteiger partial charge in [0.15, 0.2) is 0 Å². The Morgan fingerprint density at radius 2 is 1.77 bits per heavy atom. The number of anilines is 1. The van der Waals surface area contributed by atoms with Crippen molar-refractivity contribution in [2.75, 3.05) is 33.1 Å². The third-order valence-corrected chi connectivity index (χ3v) is 5.14. The number of benzene rings is 2. The first-order valence-corrected chi connectivity index (χ1v) is 8.35. The van der Waals surface area contributed by atoms with Crippen LogP contribution in [0.25, 0.3) is 20.8 Å². The van der Waals surface area contributed by atoms with Crippen LogP contribution in [-0.4, -0.2) is 33.2 Å². The number of fused-ring (bicyclic) bond motifs is 2. The Morgan fingerprint density at radius 1 is 1.05 bits per heavy atom. The van der Waals surface area contributed by atoms with Crippen LogP contribution in [0.5, 0.6) is 0 Å². The summed E-state index contributed by atoms with van der Waals surface area (Å²) in [6, 6.07) is 8.07. The van der Waals surface area contributed by atoms with E-state index in [1.807, 2.05) is 49.8 Å². The van der Waals surface area contributed by atoms with Gasteiger partial charge in [-0.05, 0) is 12.1 Å². The fraction of sp³-hybridized carbons (Fsp3) is 0.250. The molecule has 0 unspecified atom stereocenters.